The fourth-order valence-electron chi connectivity index (χ4n) is 4.18. The maximum atomic E-state index is 12.6. The van der Waals surface area contributed by atoms with Crippen molar-refractivity contribution in [2.24, 2.45) is 0 Å². The average Bonchev–Trinajstić information content (AvgIpc) is 2.93. The Morgan fingerprint density at radius 1 is 1.18 bits per heavy atom. The zero-order valence-corrected chi connectivity index (χ0v) is 23.4. The lowest BCUT2D eigenvalue weighted by Gasteiger charge is -2.16. The van der Waals surface area contributed by atoms with Gasteiger partial charge in [0, 0.05) is 41.5 Å². The summed E-state index contributed by atoms with van der Waals surface area (Å²) in [6, 6.07) is 14.7. The molecule has 4 aromatic rings. The molecule has 0 unspecified atom stereocenters. The molecule has 0 bridgehead atoms. The topological polar surface area (TPSA) is 123 Å². The first-order valence-corrected chi connectivity index (χ1v) is 13.2. The van der Waals surface area contributed by atoms with Gasteiger partial charge in [0.1, 0.15) is 18.4 Å². The van der Waals surface area contributed by atoms with Gasteiger partial charge in [-0.1, -0.05) is 17.7 Å². The van der Waals surface area contributed by atoms with Crippen molar-refractivity contribution in [2.45, 2.75) is 33.0 Å². The highest BCUT2D eigenvalue weighted by atomic mass is 35.5. The second-order valence-electron chi connectivity index (χ2n) is 9.62. The molecule has 0 fully saturated rings. The molecule has 0 aliphatic heterocycles. The predicted octanol–water partition coefficient (Wildman–Crippen LogP) is 5.56. The number of fused-ring (bicyclic) bond motifs is 1. The number of pyridine rings is 2. The summed E-state index contributed by atoms with van der Waals surface area (Å²) < 4.78 is 5.85. The molecule has 0 atom stereocenters. The first-order valence-electron chi connectivity index (χ1n) is 12.8. The van der Waals surface area contributed by atoms with Crippen LogP contribution in [0.4, 0.5) is 17.1 Å². The number of hydrogen-bond donors (Lipinski definition) is 3. The van der Waals surface area contributed by atoms with Crippen molar-refractivity contribution < 1.29 is 14.6 Å². The smallest absolute Gasteiger partial charge is 0.224 e. The SMILES string of the molecule is Cc1cc2ncc(C#N)c(Nc3ccc(OCc4ncccc4CO)cc3Cl)c2cc1NC(=O)CCCN(C)C. The number of nitrogens with one attached hydrogen (secondary N) is 2. The minimum absolute atomic E-state index is 0.0707. The van der Waals surface area contributed by atoms with Gasteiger partial charge >= 0.3 is 0 Å². The second-order valence-corrected chi connectivity index (χ2v) is 10.0. The summed E-state index contributed by atoms with van der Waals surface area (Å²) >= 11 is 6.61. The molecule has 0 saturated carbocycles. The second kappa shape index (κ2) is 13.2. The van der Waals surface area contributed by atoms with Crippen molar-refractivity contribution in [1.82, 2.24) is 14.9 Å². The van der Waals surface area contributed by atoms with Gasteiger partial charge in [-0.05, 0) is 69.9 Å². The van der Waals surface area contributed by atoms with E-state index in [2.05, 4.69) is 26.7 Å². The van der Waals surface area contributed by atoms with Crippen LogP contribution in [0.15, 0.2) is 54.9 Å². The number of nitrogens with zero attached hydrogens (tertiary/aromatic N) is 4. The van der Waals surface area contributed by atoms with Crippen LogP contribution in [0, 0.1) is 18.3 Å². The molecule has 2 aromatic carbocycles. The summed E-state index contributed by atoms with van der Waals surface area (Å²) in [4.78, 5) is 23.3. The third kappa shape index (κ3) is 7.04. The van der Waals surface area contributed by atoms with Crippen LogP contribution in [-0.4, -0.2) is 46.5 Å². The summed E-state index contributed by atoms with van der Waals surface area (Å²) in [7, 11) is 3.95. The van der Waals surface area contributed by atoms with Gasteiger partial charge in [0.15, 0.2) is 0 Å². The van der Waals surface area contributed by atoms with Crippen LogP contribution in [0.2, 0.25) is 5.02 Å². The van der Waals surface area contributed by atoms with E-state index >= 15 is 0 Å². The third-order valence-corrected chi connectivity index (χ3v) is 6.66. The number of aromatic nitrogens is 2. The molecule has 2 aromatic heterocycles. The highest BCUT2D eigenvalue weighted by molar-refractivity contribution is 6.33. The zero-order chi connectivity index (χ0) is 28.6. The molecule has 206 valence electrons. The van der Waals surface area contributed by atoms with Gasteiger partial charge in [-0.25, -0.2) is 0 Å². The van der Waals surface area contributed by atoms with Gasteiger partial charge in [-0.15, -0.1) is 0 Å². The van der Waals surface area contributed by atoms with Gasteiger partial charge in [0.05, 0.1) is 39.8 Å². The van der Waals surface area contributed by atoms with Crippen molar-refractivity contribution in [2.75, 3.05) is 31.3 Å². The maximum Gasteiger partial charge on any atom is 0.224 e. The number of aliphatic hydroxyl groups is 1. The number of halogens is 1. The van der Waals surface area contributed by atoms with E-state index in [1.807, 2.05) is 38.1 Å². The van der Waals surface area contributed by atoms with Crippen molar-refractivity contribution in [3.63, 3.8) is 0 Å². The molecule has 2 heterocycles. The lowest BCUT2D eigenvalue weighted by molar-refractivity contribution is -0.116. The number of ether oxygens (including phenoxy) is 1. The van der Waals surface area contributed by atoms with Crippen LogP contribution in [0.5, 0.6) is 5.75 Å². The molecule has 40 heavy (non-hydrogen) atoms. The van der Waals surface area contributed by atoms with E-state index in [4.69, 9.17) is 16.3 Å². The van der Waals surface area contributed by atoms with Crippen molar-refractivity contribution in [3.05, 3.63) is 82.3 Å². The van der Waals surface area contributed by atoms with Gasteiger partial charge in [0.2, 0.25) is 5.91 Å². The lowest BCUT2D eigenvalue weighted by Crippen LogP contribution is -2.17. The molecule has 10 heteroatoms. The van der Waals surface area contributed by atoms with Gasteiger partial charge < -0.3 is 25.4 Å². The summed E-state index contributed by atoms with van der Waals surface area (Å²) in [5.41, 5.74) is 4.98. The summed E-state index contributed by atoms with van der Waals surface area (Å²) in [5.74, 6) is 0.457. The Morgan fingerprint density at radius 2 is 2.00 bits per heavy atom. The first-order chi connectivity index (χ1) is 19.3. The molecule has 0 radical (unpaired) electrons. The molecule has 0 saturated heterocycles. The fourth-order valence-corrected chi connectivity index (χ4v) is 4.40. The van der Waals surface area contributed by atoms with Crippen LogP contribution in [-0.2, 0) is 18.0 Å². The summed E-state index contributed by atoms with van der Waals surface area (Å²) in [5, 5.41) is 26.7. The molecule has 0 aliphatic rings. The molecule has 0 spiro atoms. The highest BCUT2D eigenvalue weighted by Gasteiger charge is 2.15. The largest absolute Gasteiger partial charge is 0.487 e. The van der Waals surface area contributed by atoms with Crippen molar-refractivity contribution >= 4 is 45.5 Å². The molecule has 0 aliphatic carbocycles. The number of rotatable bonds is 11. The number of amides is 1. The van der Waals surface area contributed by atoms with E-state index in [9.17, 15) is 15.2 Å². The molecule has 9 nitrogen and oxygen atoms in total. The van der Waals surface area contributed by atoms with E-state index in [1.165, 1.54) is 6.20 Å². The predicted molar refractivity (Wildman–Crippen MR) is 157 cm³/mol. The molecule has 1 amide bonds. The third-order valence-electron chi connectivity index (χ3n) is 6.35. The Labute approximate surface area is 238 Å². The molecular weight excluding hydrogens is 528 g/mol. The van der Waals surface area contributed by atoms with Crippen LogP contribution >= 0.6 is 11.6 Å². The summed E-state index contributed by atoms with van der Waals surface area (Å²) in [6.07, 6.45) is 4.32. The van der Waals surface area contributed by atoms with Crippen molar-refractivity contribution in [1.29, 1.82) is 5.26 Å². The van der Waals surface area contributed by atoms with Crippen LogP contribution in [0.3, 0.4) is 0 Å². The lowest BCUT2D eigenvalue weighted by atomic mass is 10.0. The van der Waals surface area contributed by atoms with E-state index in [0.29, 0.717) is 62.0 Å². The Hall–Kier alpha value is -4.23. The van der Waals surface area contributed by atoms with Crippen LogP contribution < -0.4 is 15.4 Å². The average molecular weight is 559 g/mol. The Balaban J connectivity index is 1.58. The number of carbonyl (C=O) groups excluding carboxylic acids is 1. The Bertz CT molecular complexity index is 1570. The number of nitriles is 1. The number of carbonyl (C=O) groups is 1. The van der Waals surface area contributed by atoms with Gasteiger partial charge in [0.25, 0.3) is 0 Å². The molecule has 3 N–H and O–H groups in total. The van der Waals surface area contributed by atoms with Crippen LogP contribution in [0.25, 0.3) is 10.9 Å². The number of hydrogen-bond acceptors (Lipinski definition) is 8. The zero-order valence-electron chi connectivity index (χ0n) is 22.7. The van der Waals surface area contributed by atoms with Gasteiger partial charge in [-0.2, -0.15) is 5.26 Å². The standard InChI is InChI=1S/C30H31ClN6O3/c1-19-12-27-23(14-26(19)35-29(39)7-5-11-37(2)3)30(21(15-32)16-34-27)36-25-9-8-22(13-24(25)31)40-18-28-20(17-38)6-4-10-33-28/h4,6,8-10,12-14,16,38H,5,7,11,17-18H2,1-3H3,(H,34,36)(H,35,39). The van der Waals surface area contributed by atoms with Gasteiger partial charge in [-0.3, -0.25) is 14.8 Å². The first kappa shape index (κ1) is 28.8. The monoisotopic (exact) mass is 558 g/mol. The highest BCUT2D eigenvalue weighted by Crippen LogP contribution is 2.36. The normalized spacial score (nSPS) is 10.9. The molecular formula is C30H31ClN6O3. The van der Waals surface area contributed by atoms with Crippen LogP contribution in [0.1, 0.15) is 35.2 Å². The fraction of sp³-hybridized carbons (Fsp3) is 0.267. The number of aliphatic hydroxyl groups excluding tert-OH is 1. The quantitative estimate of drug-likeness (QED) is 0.219. The summed E-state index contributed by atoms with van der Waals surface area (Å²) in [6.45, 7) is 2.78. The Kier molecular flexibility index (Phi) is 9.51. The minimum Gasteiger partial charge on any atom is -0.487 e. The maximum absolute atomic E-state index is 12.6. The molecule has 4 rings (SSSR count). The van der Waals surface area contributed by atoms with E-state index in [-0.39, 0.29) is 19.1 Å². The van der Waals surface area contributed by atoms with Crippen molar-refractivity contribution in [3.8, 4) is 11.8 Å². The number of benzene rings is 2. The van der Waals surface area contributed by atoms with E-state index in [0.717, 1.165) is 18.5 Å². The Morgan fingerprint density at radius 3 is 2.73 bits per heavy atom. The number of anilines is 3. The minimum atomic E-state index is -0.126. The number of aryl methyl sites for hydroxylation is 1. The van der Waals surface area contributed by atoms with E-state index < -0.39 is 0 Å². The van der Waals surface area contributed by atoms with E-state index in [1.54, 1.807) is 36.5 Å².